The molecule has 0 fully saturated rings. The molecule has 0 bridgehead atoms. The lowest BCUT2D eigenvalue weighted by Gasteiger charge is -2.11. The van der Waals surface area contributed by atoms with Crippen LogP contribution in [0.1, 0.15) is 0 Å². The van der Waals surface area contributed by atoms with Gasteiger partial charge in [-0.3, -0.25) is 4.98 Å². The molecule has 0 unspecified atom stereocenters. The highest BCUT2D eigenvalue weighted by molar-refractivity contribution is 6.19. The molecule has 294 valence electrons. The highest BCUT2D eigenvalue weighted by Crippen LogP contribution is 2.45. The van der Waals surface area contributed by atoms with E-state index in [0.29, 0.717) is 17.5 Å². The number of hydrogen-bond donors (Lipinski definition) is 0. The number of furan rings is 3. The third-order valence-electron chi connectivity index (χ3n) is 12.1. The van der Waals surface area contributed by atoms with Crippen LogP contribution in [0.25, 0.3) is 133 Å². The molecule has 0 aliphatic heterocycles. The normalized spacial score (nSPS) is 11.8. The Labute approximate surface area is 359 Å². The number of para-hydroxylation sites is 4. The number of hydrogen-bond acceptors (Lipinski definition) is 7. The van der Waals surface area contributed by atoms with Gasteiger partial charge in [0.1, 0.15) is 33.5 Å². The molecule has 8 aromatic carbocycles. The van der Waals surface area contributed by atoms with Gasteiger partial charge in [0.25, 0.3) is 0 Å². The second kappa shape index (κ2) is 13.9. The summed E-state index contributed by atoms with van der Waals surface area (Å²) in [5, 5.41) is 6.38. The minimum absolute atomic E-state index is 0.551. The Hall–Kier alpha value is -8.68. The summed E-state index contributed by atoms with van der Waals surface area (Å²) in [7, 11) is 0. The quantitative estimate of drug-likeness (QED) is 0.165. The maximum absolute atomic E-state index is 6.73. The fourth-order valence-corrected chi connectivity index (χ4v) is 9.04. The average molecular weight is 809 g/mol. The Bertz CT molecular complexity index is 3920. The zero-order valence-electron chi connectivity index (χ0n) is 33.5. The second-order valence-electron chi connectivity index (χ2n) is 15.8. The Morgan fingerprint density at radius 2 is 0.841 bits per heavy atom. The summed E-state index contributed by atoms with van der Waals surface area (Å²) in [5.41, 5.74) is 13.6. The van der Waals surface area contributed by atoms with Gasteiger partial charge in [-0.25, -0.2) is 15.0 Å². The lowest BCUT2D eigenvalue weighted by molar-refractivity contribution is 0.665. The van der Waals surface area contributed by atoms with Crippen LogP contribution in [0.2, 0.25) is 0 Å². The predicted molar refractivity (Wildman–Crippen MR) is 252 cm³/mol. The fraction of sp³-hybridized carbons (Fsp3) is 0. The van der Waals surface area contributed by atoms with Crippen LogP contribution in [0.3, 0.4) is 0 Å². The minimum Gasteiger partial charge on any atom is -0.456 e. The predicted octanol–water partition coefficient (Wildman–Crippen LogP) is 15.0. The summed E-state index contributed by atoms with van der Waals surface area (Å²) >= 11 is 0. The average Bonchev–Trinajstić information content (AvgIpc) is 4.06. The van der Waals surface area contributed by atoms with Gasteiger partial charge in [0, 0.05) is 78.1 Å². The highest BCUT2D eigenvalue weighted by Gasteiger charge is 2.21. The van der Waals surface area contributed by atoms with E-state index in [4.69, 9.17) is 28.2 Å². The van der Waals surface area contributed by atoms with Crippen molar-refractivity contribution >= 4 is 65.8 Å². The molecular weight excluding hydrogens is 777 g/mol. The van der Waals surface area contributed by atoms with E-state index in [2.05, 4.69) is 114 Å². The molecule has 0 radical (unpaired) electrons. The molecule has 7 heteroatoms. The van der Waals surface area contributed by atoms with E-state index in [9.17, 15) is 0 Å². The van der Waals surface area contributed by atoms with Crippen LogP contribution in [-0.2, 0) is 0 Å². The number of benzene rings is 8. The molecule has 7 nitrogen and oxygen atoms in total. The van der Waals surface area contributed by atoms with Gasteiger partial charge < -0.3 is 13.3 Å². The van der Waals surface area contributed by atoms with Crippen molar-refractivity contribution in [1.29, 1.82) is 0 Å². The smallest absolute Gasteiger partial charge is 0.164 e. The van der Waals surface area contributed by atoms with Gasteiger partial charge in [0.15, 0.2) is 17.5 Å². The number of nitrogens with zero attached hydrogens (tertiary/aromatic N) is 4. The molecule has 0 N–H and O–H groups in total. The van der Waals surface area contributed by atoms with Crippen LogP contribution in [0.4, 0.5) is 0 Å². The van der Waals surface area contributed by atoms with Crippen molar-refractivity contribution in [3.05, 3.63) is 194 Å². The lowest BCUT2D eigenvalue weighted by atomic mass is 9.93. The topological polar surface area (TPSA) is 91.0 Å². The SMILES string of the molecule is c1cncc(-c2cccc(-c3nc(-c4ccc(-c5ccc(-c6cccc7c6oc6ccccc67)c6oc7ccccc7c56)cc4)nc(-c4ccc5c(c4)oc4ccccc45)n3)c2)c1. The van der Waals surface area contributed by atoms with Crippen molar-refractivity contribution in [1.82, 2.24) is 19.9 Å². The molecule has 63 heavy (non-hydrogen) atoms. The first kappa shape index (κ1) is 35.1. The Morgan fingerprint density at radius 1 is 0.302 bits per heavy atom. The molecule has 5 aromatic heterocycles. The first-order valence-electron chi connectivity index (χ1n) is 20.8. The molecule has 0 saturated carbocycles. The number of aromatic nitrogens is 4. The number of fused-ring (bicyclic) bond motifs is 9. The number of rotatable bonds is 6. The highest BCUT2D eigenvalue weighted by atomic mass is 16.3. The molecule has 0 saturated heterocycles. The van der Waals surface area contributed by atoms with Crippen molar-refractivity contribution in [2.75, 3.05) is 0 Å². The summed E-state index contributed by atoms with van der Waals surface area (Å²) < 4.78 is 19.5. The van der Waals surface area contributed by atoms with Gasteiger partial charge >= 0.3 is 0 Å². The zero-order valence-corrected chi connectivity index (χ0v) is 33.5. The fourth-order valence-electron chi connectivity index (χ4n) is 9.04. The van der Waals surface area contributed by atoms with Crippen LogP contribution in [0.15, 0.2) is 208 Å². The van der Waals surface area contributed by atoms with Crippen LogP contribution < -0.4 is 0 Å². The summed E-state index contributed by atoms with van der Waals surface area (Å²) in [5.74, 6) is 1.68. The maximum Gasteiger partial charge on any atom is 0.164 e. The van der Waals surface area contributed by atoms with Gasteiger partial charge in [0.2, 0.25) is 0 Å². The maximum atomic E-state index is 6.73. The van der Waals surface area contributed by atoms with Gasteiger partial charge in [-0.15, -0.1) is 0 Å². The molecule has 5 heterocycles. The van der Waals surface area contributed by atoms with Gasteiger partial charge in [0.05, 0.1) is 0 Å². The van der Waals surface area contributed by atoms with Gasteiger partial charge in [-0.1, -0.05) is 133 Å². The second-order valence-corrected chi connectivity index (χ2v) is 15.8. The van der Waals surface area contributed by atoms with Crippen molar-refractivity contribution < 1.29 is 13.3 Å². The first-order chi connectivity index (χ1) is 31.2. The standard InChI is InChI=1S/C56H32N4O3/c1-4-18-47-40(13-1)42-26-25-37(31-50(42)61-47)56-59-54(58-55(60-56)36-11-7-10-35(30-36)38-12-9-29-57-32-38)34-23-21-33(22-24-34)39-27-28-45(53-51(39)46-15-3-6-20-49(46)63-53)44-17-8-16-43-41-14-2-5-19-48(41)62-52(43)44/h1-32H. The molecule has 13 aromatic rings. The Morgan fingerprint density at radius 3 is 1.62 bits per heavy atom. The van der Waals surface area contributed by atoms with Crippen LogP contribution in [-0.4, -0.2) is 19.9 Å². The van der Waals surface area contributed by atoms with Crippen LogP contribution >= 0.6 is 0 Å². The van der Waals surface area contributed by atoms with Gasteiger partial charge in [-0.05, 0) is 65.2 Å². The number of pyridine rings is 1. The van der Waals surface area contributed by atoms with E-state index >= 15 is 0 Å². The molecule has 0 aliphatic carbocycles. The molecular formula is C56H32N4O3. The lowest BCUT2D eigenvalue weighted by Crippen LogP contribution is -2.00. The van der Waals surface area contributed by atoms with Gasteiger partial charge in [-0.2, -0.15) is 0 Å². The van der Waals surface area contributed by atoms with E-state index in [1.807, 2.05) is 79.0 Å². The van der Waals surface area contributed by atoms with Crippen molar-refractivity contribution in [3.63, 3.8) is 0 Å². The third kappa shape index (κ3) is 5.75. The molecule has 0 atom stereocenters. The summed E-state index contributed by atoms with van der Waals surface area (Å²) in [4.78, 5) is 19.7. The van der Waals surface area contributed by atoms with E-state index < -0.39 is 0 Å². The Kier molecular flexibility index (Phi) is 7.77. The molecule has 0 amide bonds. The summed E-state index contributed by atoms with van der Waals surface area (Å²) in [6.45, 7) is 0. The summed E-state index contributed by atoms with van der Waals surface area (Å²) in [6, 6.07) is 62.0. The monoisotopic (exact) mass is 808 g/mol. The van der Waals surface area contributed by atoms with Crippen molar-refractivity contribution in [2.24, 2.45) is 0 Å². The van der Waals surface area contributed by atoms with E-state index in [1.54, 1.807) is 6.20 Å². The first-order valence-corrected chi connectivity index (χ1v) is 20.8. The zero-order chi connectivity index (χ0) is 41.4. The Balaban J connectivity index is 0.946. The minimum atomic E-state index is 0.551. The molecule has 13 rings (SSSR count). The van der Waals surface area contributed by atoms with E-state index in [1.165, 1.54) is 0 Å². The third-order valence-corrected chi connectivity index (χ3v) is 12.1. The molecule has 0 aliphatic rings. The summed E-state index contributed by atoms with van der Waals surface area (Å²) in [6.07, 6.45) is 3.64. The van der Waals surface area contributed by atoms with Crippen LogP contribution in [0.5, 0.6) is 0 Å². The van der Waals surface area contributed by atoms with E-state index in [0.717, 1.165) is 116 Å². The van der Waals surface area contributed by atoms with Crippen LogP contribution in [0, 0.1) is 0 Å². The molecule has 0 spiro atoms. The van der Waals surface area contributed by atoms with E-state index in [-0.39, 0.29) is 0 Å². The van der Waals surface area contributed by atoms with Crippen molar-refractivity contribution in [3.8, 4) is 67.5 Å². The van der Waals surface area contributed by atoms with Crippen molar-refractivity contribution in [2.45, 2.75) is 0 Å². The largest absolute Gasteiger partial charge is 0.456 e.